The maximum Gasteiger partial charge on any atom is 0.338 e. The van der Waals surface area contributed by atoms with Gasteiger partial charge in [-0.15, -0.1) is 0 Å². The van der Waals surface area contributed by atoms with Gasteiger partial charge in [0, 0.05) is 11.9 Å². The highest BCUT2D eigenvalue weighted by Crippen LogP contribution is 2.32. The summed E-state index contributed by atoms with van der Waals surface area (Å²) in [6, 6.07) is 11.0. The molecule has 1 aliphatic rings. The van der Waals surface area contributed by atoms with Crippen LogP contribution >= 0.6 is 0 Å². The van der Waals surface area contributed by atoms with E-state index in [0.717, 1.165) is 28.0 Å². The number of carbonyl (C=O) groups is 1. The van der Waals surface area contributed by atoms with Gasteiger partial charge in [-0.25, -0.2) is 14.8 Å². The maximum atomic E-state index is 12.0. The van der Waals surface area contributed by atoms with Crippen LogP contribution in [0.5, 0.6) is 11.5 Å². The molecule has 0 amide bonds. The molecule has 0 saturated heterocycles. The lowest BCUT2D eigenvalue weighted by Crippen LogP contribution is -2.06. The number of ether oxygens (including phenoxy) is 3. The van der Waals surface area contributed by atoms with E-state index < -0.39 is 0 Å². The molecule has 1 N–H and O–H groups in total. The van der Waals surface area contributed by atoms with E-state index >= 15 is 0 Å². The van der Waals surface area contributed by atoms with Crippen molar-refractivity contribution in [2.24, 2.45) is 0 Å². The Labute approximate surface area is 149 Å². The molecule has 0 atom stereocenters. The predicted octanol–water partition coefficient (Wildman–Crippen LogP) is 3.15. The molecule has 7 nitrogen and oxygen atoms in total. The van der Waals surface area contributed by atoms with Gasteiger partial charge in [0.15, 0.2) is 11.5 Å². The summed E-state index contributed by atoms with van der Waals surface area (Å²) >= 11 is 0. The average molecular weight is 351 g/mol. The molecule has 0 unspecified atom stereocenters. The number of carbonyl (C=O) groups excluding carboxylic acids is 1. The van der Waals surface area contributed by atoms with E-state index in [-0.39, 0.29) is 12.8 Å². The molecule has 0 aliphatic carbocycles. The van der Waals surface area contributed by atoms with Gasteiger partial charge >= 0.3 is 5.97 Å². The lowest BCUT2D eigenvalue weighted by molar-refractivity contribution is 0.0526. The minimum atomic E-state index is -0.361. The van der Waals surface area contributed by atoms with Gasteiger partial charge in [-0.3, -0.25) is 0 Å². The number of anilines is 1. The van der Waals surface area contributed by atoms with Crippen molar-refractivity contribution in [3.63, 3.8) is 0 Å². The summed E-state index contributed by atoms with van der Waals surface area (Å²) in [6.07, 6.45) is 1.49. The van der Waals surface area contributed by atoms with E-state index in [1.165, 1.54) is 6.33 Å². The molecule has 2 aromatic carbocycles. The van der Waals surface area contributed by atoms with E-state index in [0.29, 0.717) is 24.5 Å². The van der Waals surface area contributed by atoms with Gasteiger partial charge in [0.25, 0.3) is 0 Å². The van der Waals surface area contributed by atoms with Gasteiger partial charge in [0.1, 0.15) is 12.1 Å². The zero-order chi connectivity index (χ0) is 17.9. The normalized spacial score (nSPS) is 12.2. The topological polar surface area (TPSA) is 82.6 Å². The second-order valence-electron chi connectivity index (χ2n) is 5.72. The van der Waals surface area contributed by atoms with Crippen molar-refractivity contribution in [2.75, 3.05) is 18.7 Å². The Morgan fingerprint density at radius 3 is 2.92 bits per heavy atom. The number of hydrogen-bond acceptors (Lipinski definition) is 7. The summed E-state index contributed by atoms with van der Waals surface area (Å²) in [5, 5.41) is 4.06. The third kappa shape index (κ3) is 3.11. The van der Waals surface area contributed by atoms with Crippen LogP contribution in [-0.4, -0.2) is 29.3 Å². The molecular weight excluding hydrogens is 334 g/mol. The van der Waals surface area contributed by atoms with E-state index in [1.54, 1.807) is 25.1 Å². The molecule has 26 heavy (non-hydrogen) atoms. The van der Waals surface area contributed by atoms with Gasteiger partial charge in [0.2, 0.25) is 6.79 Å². The molecule has 7 heteroatoms. The van der Waals surface area contributed by atoms with E-state index in [4.69, 9.17) is 14.2 Å². The smallest absolute Gasteiger partial charge is 0.338 e. The second-order valence-corrected chi connectivity index (χ2v) is 5.72. The first kappa shape index (κ1) is 16.1. The third-order valence-corrected chi connectivity index (χ3v) is 4.04. The molecule has 0 spiro atoms. The van der Waals surface area contributed by atoms with Gasteiger partial charge in [-0.05, 0) is 42.8 Å². The Bertz CT molecular complexity index is 974. The number of hydrogen-bond donors (Lipinski definition) is 1. The quantitative estimate of drug-likeness (QED) is 0.707. The van der Waals surface area contributed by atoms with Crippen molar-refractivity contribution in [3.8, 4) is 11.5 Å². The van der Waals surface area contributed by atoms with Crippen LogP contribution in [0.4, 0.5) is 5.82 Å². The summed E-state index contributed by atoms with van der Waals surface area (Å²) in [5.74, 6) is 1.78. The lowest BCUT2D eigenvalue weighted by atomic mass is 10.1. The largest absolute Gasteiger partial charge is 0.462 e. The molecular formula is C19H17N3O4. The first-order chi connectivity index (χ1) is 12.7. The van der Waals surface area contributed by atoms with Crippen molar-refractivity contribution in [2.45, 2.75) is 13.5 Å². The van der Waals surface area contributed by atoms with Gasteiger partial charge in [0.05, 0.1) is 17.7 Å². The number of aromatic nitrogens is 2. The minimum absolute atomic E-state index is 0.249. The number of fused-ring (bicyclic) bond motifs is 2. The van der Waals surface area contributed by atoms with Crippen molar-refractivity contribution in [1.29, 1.82) is 0 Å². The molecule has 132 valence electrons. The molecule has 3 aromatic rings. The Balaban J connectivity index is 1.59. The monoisotopic (exact) mass is 351 g/mol. The summed E-state index contributed by atoms with van der Waals surface area (Å²) in [7, 11) is 0. The lowest BCUT2D eigenvalue weighted by Gasteiger charge is -2.10. The Morgan fingerprint density at radius 1 is 1.15 bits per heavy atom. The summed E-state index contributed by atoms with van der Waals surface area (Å²) in [6.45, 7) is 2.91. The van der Waals surface area contributed by atoms with E-state index in [1.807, 2.05) is 18.2 Å². The van der Waals surface area contributed by atoms with Crippen molar-refractivity contribution < 1.29 is 19.0 Å². The van der Waals surface area contributed by atoms with Crippen LogP contribution in [0, 0.1) is 0 Å². The number of rotatable bonds is 5. The number of nitrogens with zero attached hydrogens (tertiary/aromatic N) is 2. The van der Waals surface area contributed by atoms with Crippen LogP contribution in [0.2, 0.25) is 0 Å². The summed E-state index contributed by atoms with van der Waals surface area (Å²) < 4.78 is 15.8. The zero-order valence-electron chi connectivity index (χ0n) is 14.2. The first-order valence-corrected chi connectivity index (χ1v) is 8.29. The van der Waals surface area contributed by atoms with Crippen molar-refractivity contribution >= 4 is 22.7 Å². The molecule has 2 heterocycles. The molecule has 0 radical (unpaired) electrons. The van der Waals surface area contributed by atoms with Crippen LogP contribution in [0.1, 0.15) is 22.8 Å². The van der Waals surface area contributed by atoms with Gasteiger partial charge < -0.3 is 19.5 Å². The average Bonchev–Trinajstić information content (AvgIpc) is 3.14. The Kier molecular flexibility index (Phi) is 4.27. The highest BCUT2D eigenvalue weighted by molar-refractivity contribution is 5.97. The number of nitrogens with one attached hydrogen (secondary N) is 1. The van der Waals surface area contributed by atoms with E-state index in [9.17, 15) is 4.79 Å². The Morgan fingerprint density at radius 2 is 2.04 bits per heavy atom. The summed E-state index contributed by atoms with van der Waals surface area (Å²) in [4.78, 5) is 20.5. The summed E-state index contributed by atoms with van der Waals surface area (Å²) in [5.41, 5.74) is 2.25. The standard InChI is InChI=1S/C19H17N3O4/c1-2-24-19(23)13-4-5-15-14(8-13)18(22-10-21-15)20-9-12-3-6-16-17(7-12)26-11-25-16/h3-8,10H,2,9,11H2,1H3,(H,20,21,22). The molecule has 0 saturated carbocycles. The van der Waals surface area contributed by atoms with E-state index in [2.05, 4.69) is 15.3 Å². The van der Waals surface area contributed by atoms with Crippen molar-refractivity contribution in [3.05, 3.63) is 53.9 Å². The first-order valence-electron chi connectivity index (χ1n) is 8.29. The molecule has 1 aliphatic heterocycles. The van der Waals surface area contributed by atoms with Crippen LogP contribution in [-0.2, 0) is 11.3 Å². The highest BCUT2D eigenvalue weighted by atomic mass is 16.7. The molecule has 1 aromatic heterocycles. The third-order valence-electron chi connectivity index (χ3n) is 4.04. The predicted molar refractivity (Wildman–Crippen MR) is 95.4 cm³/mol. The fraction of sp³-hybridized carbons (Fsp3) is 0.211. The van der Waals surface area contributed by atoms with Crippen LogP contribution < -0.4 is 14.8 Å². The fourth-order valence-corrected chi connectivity index (χ4v) is 2.78. The van der Waals surface area contributed by atoms with Crippen molar-refractivity contribution in [1.82, 2.24) is 9.97 Å². The minimum Gasteiger partial charge on any atom is -0.462 e. The SMILES string of the molecule is CCOC(=O)c1ccc2ncnc(NCc3ccc4c(c3)OCO4)c2c1. The number of benzene rings is 2. The fourth-order valence-electron chi connectivity index (χ4n) is 2.78. The number of esters is 1. The maximum absolute atomic E-state index is 12.0. The molecule has 4 rings (SSSR count). The van der Waals surface area contributed by atoms with Crippen LogP contribution in [0.3, 0.4) is 0 Å². The van der Waals surface area contributed by atoms with Gasteiger partial charge in [-0.2, -0.15) is 0 Å². The highest BCUT2D eigenvalue weighted by Gasteiger charge is 2.14. The molecule has 0 fully saturated rings. The second kappa shape index (κ2) is 6.87. The zero-order valence-corrected chi connectivity index (χ0v) is 14.2. The molecule has 0 bridgehead atoms. The van der Waals surface area contributed by atoms with Crippen LogP contribution in [0.15, 0.2) is 42.7 Å². The van der Waals surface area contributed by atoms with Crippen LogP contribution in [0.25, 0.3) is 10.9 Å². The van der Waals surface area contributed by atoms with Gasteiger partial charge in [-0.1, -0.05) is 6.07 Å². The Hall–Kier alpha value is -3.35.